The minimum Gasteiger partial charge on any atom is -0.387 e. The van der Waals surface area contributed by atoms with Crippen LogP contribution in [0.2, 0.25) is 0 Å². The topological polar surface area (TPSA) is 37.0 Å². The van der Waals surface area contributed by atoms with E-state index in [-0.39, 0.29) is 6.54 Å². The van der Waals surface area contributed by atoms with E-state index in [9.17, 15) is 8.78 Å². The van der Waals surface area contributed by atoms with Crippen molar-refractivity contribution in [2.24, 2.45) is 0 Å². The van der Waals surface area contributed by atoms with Gasteiger partial charge in [-0.05, 0) is 6.07 Å². The van der Waals surface area contributed by atoms with Gasteiger partial charge in [0.2, 0.25) is 0 Å². The van der Waals surface area contributed by atoms with Gasteiger partial charge in [-0.15, -0.1) is 0 Å². The van der Waals surface area contributed by atoms with Gasteiger partial charge in [0.25, 0.3) is 6.43 Å². The van der Waals surface area contributed by atoms with E-state index in [1.54, 1.807) is 19.3 Å². The molecule has 2 N–H and O–H groups in total. The quantitative estimate of drug-likeness (QED) is 0.754. The number of aromatic nitrogens is 1. The number of hydrogen-bond acceptors (Lipinski definition) is 3. The molecule has 0 aliphatic rings. The van der Waals surface area contributed by atoms with E-state index in [1.807, 2.05) is 0 Å². The van der Waals surface area contributed by atoms with Crippen LogP contribution in [0.5, 0.6) is 0 Å². The monoisotopic (exact) mass is 187 g/mol. The van der Waals surface area contributed by atoms with E-state index in [4.69, 9.17) is 0 Å². The predicted octanol–water partition coefficient (Wildman–Crippen LogP) is 1.80. The summed E-state index contributed by atoms with van der Waals surface area (Å²) in [5, 5.41) is 5.43. The number of nitrogens with one attached hydrogen (secondary N) is 2. The van der Waals surface area contributed by atoms with Crippen molar-refractivity contribution < 1.29 is 8.78 Å². The van der Waals surface area contributed by atoms with Gasteiger partial charge in [-0.1, -0.05) is 0 Å². The summed E-state index contributed by atoms with van der Waals surface area (Å²) in [6.07, 6.45) is 0.773. The molecule has 0 radical (unpaired) electrons. The van der Waals surface area contributed by atoms with Crippen LogP contribution >= 0.6 is 0 Å². The minimum atomic E-state index is -2.35. The fourth-order valence-corrected chi connectivity index (χ4v) is 0.868. The Balaban J connectivity index is 2.56. The molecule has 0 fully saturated rings. The standard InChI is InChI=1S/C8H11F2N3/c1-11-6-2-7(4-12-3-6)13-5-8(9)10/h2-4,8,11,13H,5H2,1H3. The lowest BCUT2D eigenvalue weighted by atomic mass is 10.3. The van der Waals surface area contributed by atoms with Crippen LogP contribution in [0.1, 0.15) is 0 Å². The first kappa shape index (κ1) is 9.70. The highest BCUT2D eigenvalue weighted by Crippen LogP contribution is 2.12. The maximum absolute atomic E-state index is 11.8. The number of hydrogen-bond donors (Lipinski definition) is 2. The molecule has 0 saturated heterocycles. The molecule has 1 aromatic heterocycles. The van der Waals surface area contributed by atoms with Crippen LogP contribution in [0.3, 0.4) is 0 Å². The Hall–Kier alpha value is -1.39. The van der Waals surface area contributed by atoms with Crippen LogP contribution in [0.25, 0.3) is 0 Å². The Morgan fingerprint density at radius 1 is 1.38 bits per heavy atom. The fourth-order valence-electron chi connectivity index (χ4n) is 0.868. The van der Waals surface area contributed by atoms with Crippen molar-refractivity contribution >= 4 is 11.4 Å². The van der Waals surface area contributed by atoms with Gasteiger partial charge in [0, 0.05) is 7.05 Å². The van der Waals surface area contributed by atoms with Crippen molar-refractivity contribution in [2.75, 3.05) is 24.2 Å². The zero-order chi connectivity index (χ0) is 9.68. The predicted molar refractivity (Wildman–Crippen MR) is 48.3 cm³/mol. The lowest BCUT2D eigenvalue weighted by molar-refractivity contribution is 0.163. The summed E-state index contributed by atoms with van der Waals surface area (Å²) >= 11 is 0. The number of nitrogens with zero attached hydrogens (tertiary/aromatic N) is 1. The van der Waals surface area contributed by atoms with Crippen LogP contribution in [0.15, 0.2) is 18.5 Å². The molecule has 1 heterocycles. The average molecular weight is 187 g/mol. The highest BCUT2D eigenvalue weighted by Gasteiger charge is 2.01. The van der Waals surface area contributed by atoms with E-state index in [0.29, 0.717) is 5.69 Å². The highest BCUT2D eigenvalue weighted by molar-refractivity contribution is 5.53. The van der Waals surface area contributed by atoms with Gasteiger partial charge < -0.3 is 10.6 Å². The molecule has 0 unspecified atom stereocenters. The highest BCUT2D eigenvalue weighted by atomic mass is 19.3. The third-order valence-corrected chi connectivity index (χ3v) is 1.49. The molecule has 13 heavy (non-hydrogen) atoms. The number of pyridine rings is 1. The van der Waals surface area contributed by atoms with Gasteiger partial charge in [0.1, 0.15) is 0 Å². The van der Waals surface area contributed by atoms with E-state index < -0.39 is 6.43 Å². The fraction of sp³-hybridized carbons (Fsp3) is 0.375. The Labute approximate surface area is 75.2 Å². The Morgan fingerprint density at radius 3 is 2.69 bits per heavy atom. The normalized spacial score (nSPS) is 10.2. The van der Waals surface area contributed by atoms with Crippen molar-refractivity contribution in [3.05, 3.63) is 18.5 Å². The number of halogens is 2. The second-order valence-electron chi connectivity index (χ2n) is 2.48. The molecule has 0 aliphatic carbocycles. The first-order chi connectivity index (χ1) is 6.22. The smallest absolute Gasteiger partial charge is 0.255 e. The summed E-state index contributed by atoms with van der Waals surface area (Å²) in [7, 11) is 1.74. The molecule has 0 amide bonds. The largest absolute Gasteiger partial charge is 0.387 e. The lowest BCUT2D eigenvalue weighted by Crippen LogP contribution is -2.10. The molecule has 0 bridgehead atoms. The summed E-state index contributed by atoms with van der Waals surface area (Å²) in [5.74, 6) is 0. The molecular weight excluding hydrogens is 176 g/mol. The van der Waals surface area contributed by atoms with E-state index in [2.05, 4.69) is 15.6 Å². The lowest BCUT2D eigenvalue weighted by Gasteiger charge is -2.06. The summed E-state index contributed by atoms with van der Waals surface area (Å²) in [4.78, 5) is 3.86. The number of alkyl halides is 2. The zero-order valence-corrected chi connectivity index (χ0v) is 7.22. The van der Waals surface area contributed by atoms with E-state index in [0.717, 1.165) is 5.69 Å². The van der Waals surface area contributed by atoms with E-state index in [1.165, 1.54) is 6.20 Å². The first-order valence-electron chi connectivity index (χ1n) is 3.87. The molecular formula is C8H11F2N3. The molecule has 0 saturated carbocycles. The molecule has 0 aromatic carbocycles. The van der Waals surface area contributed by atoms with Gasteiger partial charge >= 0.3 is 0 Å². The average Bonchev–Trinajstić information content (AvgIpc) is 2.15. The number of rotatable bonds is 4. The summed E-state index contributed by atoms with van der Waals surface area (Å²) in [5.41, 5.74) is 1.38. The Kier molecular flexibility index (Phi) is 3.42. The molecule has 5 heteroatoms. The summed E-state index contributed by atoms with van der Waals surface area (Å²) < 4.78 is 23.6. The van der Waals surface area contributed by atoms with Gasteiger partial charge in [-0.3, -0.25) is 4.98 Å². The van der Waals surface area contributed by atoms with Crippen LogP contribution in [-0.4, -0.2) is 25.0 Å². The minimum absolute atomic E-state index is 0.352. The SMILES string of the molecule is CNc1cncc(NCC(F)F)c1. The molecule has 1 aromatic rings. The van der Waals surface area contributed by atoms with Gasteiger partial charge in [0.15, 0.2) is 0 Å². The van der Waals surface area contributed by atoms with E-state index >= 15 is 0 Å². The summed E-state index contributed by atoms with van der Waals surface area (Å²) in [6.45, 7) is -0.352. The van der Waals surface area contributed by atoms with Crippen LogP contribution in [0, 0.1) is 0 Å². The molecule has 3 nitrogen and oxygen atoms in total. The van der Waals surface area contributed by atoms with Crippen molar-refractivity contribution in [1.82, 2.24) is 4.98 Å². The zero-order valence-electron chi connectivity index (χ0n) is 7.22. The Bertz CT molecular complexity index is 265. The first-order valence-corrected chi connectivity index (χ1v) is 3.87. The second kappa shape index (κ2) is 4.59. The van der Waals surface area contributed by atoms with Crippen LogP contribution < -0.4 is 10.6 Å². The van der Waals surface area contributed by atoms with Crippen molar-refractivity contribution in [1.29, 1.82) is 0 Å². The van der Waals surface area contributed by atoms with Crippen LogP contribution in [0.4, 0.5) is 20.2 Å². The van der Waals surface area contributed by atoms with Crippen molar-refractivity contribution in [3.8, 4) is 0 Å². The van der Waals surface area contributed by atoms with Crippen molar-refractivity contribution in [2.45, 2.75) is 6.43 Å². The van der Waals surface area contributed by atoms with Crippen LogP contribution in [-0.2, 0) is 0 Å². The third kappa shape index (κ3) is 3.23. The molecule has 1 rings (SSSR count). The maximum atomic E-state index is 11.8. The van der Waals surface area contributed by atoms with Gasteiger partial charge in [0.05, 0.1) is 30.3 Å². The summed E-state index contributed by atoms with van der Waals surface area (Å²) in [6, 6.07) is 1.72. The van der Waals surface area contributed by atoms with Gasteiger partial charge in [-0.25, -0.2) is 8.78 Å². The third-order valence-electron chi connectivity index (χ3n) is 1.49. The number of anilines is 2. The molecule has 0 atom stereocenters. The molecule has 72 valence electrons. The molecule has 0 spiro atoms. The van der Waals surface area contributed by atoms with Gasteiger partial charge in [-0.2, -0.15) is 0 Å². The maximum Gasteiger partial charge on any atom is 0.255 e. The second-order valence-corrected chi connectivity index (χ2v) is 2.48. The van der Waals surface area contributed by atoms with Crippen molar-refractivity contribution in [3.63, 3.8) is 0 Å². The molecule has 0 aliphatic heterocycles. The Morgan fingerprint density at radius 2 is 2.08 bits per heavy atom.